The zero-order chi connectivity index (χ0) is 20.1. The smallest absolute Gasteiger partial charge is 0.339 e. The van der Waals surface area contributed by atoms with Crippen LogP contribution < -0.4 is 4.74 Å². The van der Waals surface area contributed by atoms with Crippen molar-refractivity contribution < 1.29 is 28.2 Å². The summed E-state index contributed by atoms with van der Waals surface area (Å²) in [5, 5.41) is 19.8. The lowest BCUT2D eigenvalue weighted by atomic mass is 10.0. The second-order valence-corrected chi connectivity index (χ2v) is 6.70. The monoisotopic (exact) mass is 396 g/mol. The van der Waals surface area contributed by atoms with Crippen molar-refractivity contribution in [1.82, 2.24) is 0 Å². The van der Waals surface area contributed by atoms with Gasteiger partial charge in [-0.3, -0.25) is 0 Å². The van der Waals surface area contributed by atoms with Crippen LogP contribution in [0.3, 0.4) is 0 Å². The van der Waals surface area contributed by atoms with Gasteiger partial charge < -0.3 is 14.9 Å². The summed E-state index contributed by atoms with van der Waals surface area (Å²) in [6.07, 6.45) is -0.947. The first-order valence-electron chi connectivity index (χ1n) is 8.25. The largest absolute Gasteiger partial charge is 0.507 e. The van der Waals surface area contributed by atoms with Crippen molar-refractivity contribution in [3.05, 3.63) is 83.9 Å². The summed E-state index contributed by atoms with van der Waals surface area (Å²) < 4.78 is 28.3. The SMILES string of the molecule is O=C(O)c1ccc(OC(C=S(=O)=O)c2cccc(-c3ccccc3)c2)cc1O. The Hall–Kier alpha value is -3.58. The van der Waals surface area contributed by atoms with E-state index in [1.54, 1.807) is 12.1 Å². The first kappa shape index (κ1) is 19.2. The van der Waals surface area contributed by atoms with E-state index in [9.17, 15) is 18.3 Å². The van der Waals surface area contributed by atoms with Gasteiger partial charge in [0.2, 0.25) is 10.3 Å². The van der Waals surface area contributed by atoms with E-state index in [1.165, 1.54) is 12.1 Å². The quantitative estimate of drug-likeness (QED) is 0.618. The fourth-order valence-corrected chi connectivity index (χ4v) is 3.13. The van der Waals surface area contributed by atoms with Gasteiger partial charge in [-0.25, -0.2) is 4.79 Å². The summed E-state index contributed by atoms with van der Waals surface area (Å²) in [4.78, 5) is 11.0. The molecule has 0 fully saturated rings. The van der Waals surface area contributed by atoms with Crippen LogP contribution in [0.4, 0.5) is 0 Å². The Labute approximate surface area is 162 Å². The third kappa shape index (κ3) is 4.57. The molecule has 0 heterocycles. The van der Waals surface area contributed by atoms with Gasteiger partial charge in [0.25, 0.3) is 0 Å². The van der Waals surface area contributed by atoms with Gasteiger partial charge in [-0.05, 0) is 34.9 Å². The highest BCUT2D eigenvalue weighted by Gasteiger charge is 2.16. The lowest BCUT2D eigenvalue weighted by molar-refractivity contribution is 0.0693. The second-order valence-electron chi connectivity index (χ2n) is 5.91. The second kappa shape index (κ2) is 8.41. The fourth-order valence-electron chi connectivity index (χ4n) is 2.71. The molecular weight excluding hydrogens is 380 g/mol. The molecule has 7 heteroatoms. The molecular formula is C21H16O6S. The summed E-state index contributed by atoms with van der Waals surface area (Å²) in [7, 11) is -2.49. The van der Waals surface area contributed by atoms with E-state index in [0.717, 1.165) is 22.6 Å². The molecule has 1 atom stereocenters. The molecule has 0 saturated heterocycles. The number of hydrogen-bond donors (Lipinski definition) is 2. The molecule has 0 radical (unpaired) electrons. The minimum absolute atomic E-state index is 0.138. The molecule has 0 aromatic heterocycles. The Morgan fingerprint density at radius 3 is 2.29 bits per heavy atom. The molecule has 142 valence electrons. The normalized spacial score (nSPS) is 11.4. The molecule has 1 unspecified atom stereocenters. The van der Waals surface area contributed by atoms with E-state index in [2.05, 4.69) is 0 Å². The predicted molar refractivity (Wildman–Crippen MR) is 105 cm³/mol. The molecule has 0 bridgehead atoms. The lowest BCUT2D eigenvalue weighted by Gasteiger charge is -2.16. The summed E-state index contributed by atoms with van der Waals surface area (Å²) in [6, 6.07) is 20.5. The van der Waals surface area contributed by atoms with Gasteiger partial charge in [0, 0.05) is 6.07 Å². The number of carboxylic acids is 1. The van der Waals surface area contributed by atoms with Gasteiger partial charge in [0.05, 0.1) is 5.37 Å². The number of ether oxygens (including phenoxy) is 1. The van der Waals surface area contributed by atoms with Crippen molar-refractivity contribution >= 4 is 21.6 Å². The Morgan fingerprint density at radius 2 is 1.64 bits per heavy atom. The van der Waals surface area contributed by atoms with Crippen molar-refractivity contribution in [2.45, 2.75) is 6.10 Å². The van der Waals surface area contributed by atoms with Crippen LogP contribution >= 0.6 is 0 Å². The van der Waals surface area contributed by atoms with Crippen LogP contribution in [0.25, 0.3) is 11.1 Å². The zero-order valence-corrected chi connectivity index (χ0v) is 15.3. The van der Waals surface area contributed by atoms with Gasteiger partial charge in [0.15, 0.2) is 6.10 Å². The number of carboxylic acid groups (broad SMARTS) is 1. The zero-order valence-electron chi connectivity index (χ0n) is 14.5. The molecule has 0 aliphatic rings. The van der Waals surface area contributed by atoms with Crippen LogP contribution in [0.5, 0.6) is 11.5 Å². The molecule has 3 aromatic carbocycles. The number of aromatic hydroxyl groups is 1. The fraction of sp³-hybridized carbons (Fsp3) is 0.0476. The maximum atomic E-state index is 11.3. The number of aromatic carboxylic acids is 1. The molecule has 0 aliphatic carbocycles. The molecule has 6 nitrogen and oxygen atoms in total. The van der Waals surface area contributed by atoms with E-state index in [1.807, 2.05) is 42.5 Å². The number of rotatable bonds is 6. The molecule has 0 saturated carbocycles. The first-order chi connectivity index (χ1) is 13.4. The predicted octanol–water partition coefficient (Wildman–Crippen LogP) is 3.56. The van der Waals surface area contributed by atoms with Crippen molar-refractivity contribution in [2.24, 2.45) is 0 Å². The van der Waals surface area contributed by atoms with Crippen molar-refractivity contribution in [3.63, 3.8) is 0 Å². The highest BCUT2D eigenvalue weighted by atomic mass is 32.2. The van der Waals surface area contributed by atoms with Crippen LogP contribution in [-0.4, -0.2) is 30.0 Å². The molecule has 0 spiro atoms. The van der Waals surface area contributed by atoms with Crippen LogP contribution in [0.1, 0.15) is 22.0 Å². The number of phenols is 1. The van der Waals surface area contributed by atoms with Crippen LogP contribution in [-0.2, 0) is 10.3 Å². The average molecular weight is 396 g/mol. The highest BCUT2D eigenvalue weighted by molar-refractivity contribution is 7.71. The summed E-state index contributed by atoms with van der Waals surface area (Å²) in [6.45, 7) is 0. The van der Waals surface area contributed by atoms with E-state index in [4.69, 9.17) is 9.84 Å². The minimum Gasteiger partial charge on any atom is -0.507 e. The van der Waals surface area contributed by atoms with Gasteiger partial charge in [-0.2, -0.15) is 8.42 Å². The van der Waals surface area contributed by atoms with Crippen molar-refractivity contribution in [2.75, 3.05) is 0 Å². The number of carbonyl (C=O) groups is 1. The summed E-state index contributed by atoms with van der Waals surface area (Å²) >= 11 is 0. The third-order valence-corrected chi connectivity index (χ3v) is 4.49. The number of hydrogen-bond acceptors (Lipinski definition) is 5. The average Bonchev–Trinajstić information content (AvgIpc) is 2.68. The van der Waals surface area contributed by atoms with E-state index in [-0.39, 0.29) is 11.3 Å². The summed E-state index contributed by atoms with van der Waals surface area (Å²) in [5.74, 6) is -1.60. The van der Waals surface area contributed by atoms with E-state index >= 15 is 0 Å². The van der Waals surface area contributed by atoms with E-state index in [0.29, 0.717) is 5.56 Å². The topological polar surface area (TPSA) is 101 Å². The molecule has 28 heavy (non-hydrogen) atoms. The number of benzene rings is 3. The van der Waals surface area contributed by atoms with Crippen LogP contribution in [0.15, 0.2) is 72.8 Å². The van der Waals surface area contributed by atoms with Gasteiger partial charge >= 0.3 is 5.97 Å². The molecule has 2 N–H and O–H groups in total. The first-order valence-corrected chi connectivity index (χ1v) is 9.39. The van der Waals surface area contributed by atoms with E-state index < -0.39 is 28.1 Å². The lowest BCUT2D eigenvalue weighted by Crippen LogP contribution is -2.10. The minimum atomic E-state index is -2.49. The molecule has 0 aliphatic heterocycles. The summed E-state index contributed by atoms with van der Waals surface area (Å²) in [5.41, 5.74) is 2.18. The maximum Gasteiger partial charge on any atom is 0.339 e. The third-order valence-electron chi connectivity index (χ3n) is 4.02. The van der Waals surface area contributed by atoms with Gasteiger partial charge in [-0.15, -0.1) is 0 Å². The Morgan fingerprint density at radius 1 is 0.929 bits per heavy atom. The maximum absolute atomic E-state index is 11.3. The molecule has 0 amide bonds. The van der Waals surface area contributed by atoms with Crippen LogP contribution in [0.2, 0.25) is 0 Å². The van der Waals surface area contributed by atoms with Crippen molar-refractivity contribution in [1.29, 1.82) is 0 Å². The van der Waals surface area contributed by atoms with Gasteiger partial charge in [-0.1, -0.05) is 48.5 Å². The van der Waals surface area contributed by atoms with Crippen molar-refractivity contribution in [3.8, 4) is 22.6 Å². The molecule has 3 rings (SSSR count). The molecule has 3 aromatic rings. The van der Waals surface area contributed by atoms with Gasteiger partial charge in [0.1, 0.15) is 17.1 Å². The standard InChI is InChI=1S/C21H16O6S/c22-19-12-17(9-10-18(19)21(23)24)27-20(13-28(25)26)16-8-4-7-15(11-16)14-5-2-1-3-6-14/h1-13,20,22H,(H,23,24). The van der Waals surface area contributed by atoms with Crippen LogP contribution in [0, 0.1) is 0 Å². The Kier molecular flexibility index (Phi) is 5.76. The Bertz CT molecular complexity index is 1130. The Balaban J connectivity index is 1.97. The highest BCUT2D eigenvalue weighted by Crippen LogP contribution is 2.29.